The molecule has 5 heteroatoms. The summed E-state index contributed by atoms with van der Waals surface area (Å²) in [5.41, 5.74) is 0. The van der Waals surface area contributed by atoms with Crippen molar-refractivity contribution >= 4 is 0 Å². The first-order valence-electron chi connectivity index (χ1n) is 13.5. The third-order valence-electron chi connectivity index (χ3n) is 9.47. The van der Waals surface area contributed by atoms with Gasteiger partial charge in [0.1, 0.15) is 0 Å². The highest BCUT2D eigenvalue weighted by molar-refractivity contribution is 4.92. The van der Waals surface area contributed by atoms with Crippen molar-refractivity contribution in [3.05, 3.63) is 0 Å². The molecule has 4 heterocycles. The van der Waals surface area contributed by atoms with E-state index >= 15 is 0 Å². The molecule has 0 N–H and O–H groups in total. The quantitative estimate of drug-likeness (QED) is 0.638. The van der Waals surface area contributed by atoms with Gasteiger partial charge in [0, 0.05) is 18.6 Å². The standard InChI is InChI=1S/C26H51N5/c1-27-13-5-22(6-14-27)26(23-7-15-28(2)16-8-23)21-31(24-9-17-29(3)18-10-24)25-11-19-30(4)20-12-25/h22-26H,5-21H2,1-4H3. The highest BCUT2D eigenvalue weighted by Gasteiger charge is 2.38. The van der Waals surface area contributed by atoms with Crippen molar-refractivity contribution in [2.75, 3.05) is 87.1 Å². The van der Waals surface area contributed by atoms with Gasteiger partial charge in [-0.25, -0.2) is 0 Å². The zero-order valence-corrected chi connectivity index (χ0v) is 21.1. The maximum absolute atomic E-state index is 3.10. The van der Waals surface area contributed by atoms with Crippen LogP contribution in [0, 0.1) is 17.8 Å². The van der Waals surface area contributed by atoms with Crippen LogP contribution in [0.5, 0.6) is 0 Å². The Kier molecular flexibility index (Phi) is 8.72. The molecule has 0 atom stereocenters. The number of rotatable bonds is 6. The summed E-state index contributed by atoms with van der Waals surface area (Å²) in [5, 5.41) is 0. The fourth-order valence-electron chi connectivity index (χ4n) is 7.09. The highest BCUT2D eigenvalue weighted by atomic mass is 15.2. The molecule has 4 aliphatic heterocycles. The van der Waals surface area contributed by atoms with Crippen LogP contribution < -0.4 is 0 Å². The first kappa shape index (κ1) is 23.9. The Hall–Kier alpha value is -0.200. The van der Waals surface area contributed by atoms with Gasteiger partial charge in [-0.05, 0) is 150 Å². The van der Waals surface area contributed by atoms with Crippen molar-refractivity contribution in [2.24, 2.45) is 17.8 Å². The maximum atomic E-state index is 3.10. The smallest absolute Gasteiger partial charge is 0.0123 e. The maximum Gasteiger partial charge on any atom is 0.0123 e. The fourth-order valence-corrected chi connectivity index (χ4v) is 7.09. The van der Waals surface area contributed by atoms with Crippen molar-refractivity contribution in [3.8, 4) is 0 Å². The third kappa shape index (κ3) is 6.44. The zero-order valence-electron chi connectivity index (χ0n) is 21.1. The summed E-state index contributed by atoms with van der Waals surface area (Å²) in [5.74, 6) is 2.82. The van der Waals surface area contributed by atoms with E-state index in [0.29, 0.717) is 0 Å². The Morgan fingerprint density at radius 1 is 0.516 bits per heavy atom. The summed E-state index contributed by atoms with van der Waals surface area (Å²) in [6.45, 7) is 11.8. The van der Waals surface area contributed by atoms with Gasteiger partial charge in [0.25, 0.3) is 0 Å². The lowest BCUT2D eigenvalue weighted by atomic mass is 9.72. The SMILES string of the molecule is CN1CCC(C(CN(C2CCN(C)CC2)C2CCN(C)CC2)C2CCN(C)CC2)CC1. The van der Waals surface area contributed by atoms with E-state index in [1.54, 1.807) is 0 Å². The molecule has 0 unspecified atom stereocenters. The molecule has 4 saturated heterocycles. The number of nitrogens with zero attached hydrogens (tertiary/aromatic N) is 5. The lowest BCUT2D eigenvalue weighted by molar-refractivity contribution is 0.000196. The van der Waals surface area contributed by atoms with Gasteiger partial charge < -0.3 is 19.6 Å². The normalized spacial score (nSPS) is 28.8. The van der Waals surface area contributed by atoms with E-state index in [-0.39, 0.29) is 0 Å². The van der Waals surface area contributed by atoms with Gasteiger partial charge in [-0.3, -0.25) is 4.90 Å². The predicted octanol–water partition coefficient (Wildman–Crippen LogP) is 2.78. The largest absolute Gasteiger partial charge is 0.306 e. The Labute approximate surface area is 193 Å². The van der Waals surface area contributed by atoms with E-state index in [0.717, 1.165) is 29.8 Å². The fraction of sp³-hybridized carbons (Fsp3) is 1.00. The molecule has 0 aromatic carbocycles. The van der Waals surface area contributed by atoms with E-state index in [1.165, 1.54) is 110 Å². The molecule has 4 aliphatic rings. The molecular weight excluding hydrogens is 382 g/mol. The lowest BCUT2D eigenvalue weighted by Gasteiger charge is -2.49. The second-order valence-corrected chi connectivity index (χ2v) is 11.7. The number of hydrogen-bond acceptors (Lipinski definition) is 5. The molecule has 0 aromatic rings. The van der Waals surface area contributed by atoms with Crippen LogP contribution >= 0.6 is 0 Å². The molecule has 0 aromatic heterocycles. The van der Waals surface area contributed by atoms with Crippen molar-refractivity contribution in [3.63, 3.8) is 0 Å². The predicted molar refractivity (Wildman–Crippen MR) is 132 cm³/mol. The van der Waals surface area contributed by atoms with Crippen molar-refractivity contribution in [1.82, 2.24) is 24.5 Å². The van der Waals surface area contributed by atoms with Gasteiger partial charge in [0.15, 0.2) is 0 Å². The first-order chi connectivity index (χ1) is 15.0. The van der Waals surface area contributed by atoms with E-state index < -0.39 is 0 Å². The first-order valence-corrected chi connectivity index (χ1v) is 13.5. The Balaban J connectivity index is 1.50. The number of hydrogen-bond donors (Lipinski definition) is 0. The Morgan fingerprint density at radius 2 is 0.806 bits per heavy atom. The molecule has 4 fully saturated rings. The van der Waals surface area contributed by atoms with E-state index in [2.05, 4.69) is 52.7 Å². The van der Waals surface area contributed by atoms with Gasteiger partial charge in [0.2, 0.25) is 0 Å². The summed E-state index contributed by atoms with van der Waals surface area (Å²) < 4.78 is 0. The van der Waals surface area contributed by atoms with Crippen molar-refractivity contribution in [2.45, 2.75) is 63.5 Å². The monoisotopic (exact) mass is 433 g/mol. The van der Waals surface area contributed by atoms with Gasteiger partial charge in [-0.15, -0.1) is 0 Å². The van der Waals surface area contributed by atoms with Gasteiger partial charge >= 0.3 is 0 Å². The lowest BCUT2D eigenvalue weighted by Crippen LogP contribution is -2.55. The van der Waals surface area contributed by atoms with E-state index in [9.17, 15) is 0 Å². The third-order valence-corrected chi connectivity index (χ3v) is 9.47. The molecule has 31 heavy (non-hydrogen) atoms. The van der Waals surface area contributed by atoms with Crippen LogP contribution in [0.15, 0.2) is 0 Å². The van der Waals surface area contributed by atoms with Crippen molar-refractivity contribution in [1.29, 1.82) is 0 Å². The molecule has 0 bridgehead atoms. The summed E-state index contributed by atoms with van der Waals surface area (Å²) >= 11 is 0. The average molecular weight is 434 g/mol. The zero-order chi connectivity index (χ0) is 21.8. The minimum atomic E-state index is 0.824. The molecule has 0 radical (unpaired) electrons. The molecule has 0 amide bonds. The molecule has 0 spiro atoms. The van der Waals surface area contributed by atoms with Crippen molar-refractivity contribution < 1.29 is 0 Å². The van der Waals surface area contributed by atoms with Gasteiger partial charge in [0.05, 0.1) is 0 Å². The average Bonchev–Trinajstić information content (AvgIpc) is 2.78. The van der Waals surface area contributed by atoms with Crippen LogP contribution in [0.2, 0.25) is 0 Å². The molecular formula is C26H51N5. The van der Waals surface area contributed by atoms with Crippen LogP contribution in [-0.2, 0) is 0 Å². The molecule has 0 saturated carbocycles. The van der Waals surface area contributed by atoms with Gasteiger partial charge in [-0.1, -0.05) is 0 Å². The second kappa shape index (κ2) is 11.3. The van der Waals surface area contributed by atoms with Crippen LogP contribution in [0.1, 0.15) is 51.4 Å². The molecule has 4 rings (SSSR count). The highest BCUT2D eigenvalue weighted by Crippen LogP contribution is 2.38. The Bertz CT molecular complexity index is 420. The van der Waals surface area contributed by atoms with Crippen LogP contribution in [0.3, 0.4) is 0 Å². The number of piperidine rings is 4. The molecule has 5 nitrogen and oxygen atoms in total. The van der Waals surface area contributed by atoms with Crippen LogP contribution in [0.25, 0.3) is 0 Å². The molecule has 180 valence electrons. The Morgan fingerprint density at radius 3 is 1.13 bits per heavy atom. The number of likely N-dealkylation sites (tertiary alicyclic amines) is 4. The summed E-state index contributed by atoms with van der Waals surface area (Å²) in [6.07, 6.45) is 11.3. The van der Waals surface area contributed by atoms with Crippen LogP contribution in [0.4, 0.5) is 0 Å². The minimum Gasteiger partial charge on any atom is -0.306 e. The van der Waals surface area contributed by atoms with E-state index in [1.807, 2.05) is 0 Å². The second-order valence-electron chi connectivity index (χ2n) is 11.7. The van der Waals surface area contributed by atoms with E-state index in [4.69, 9.17) is 0 Å². The molecule has 0 aliphatic carbocycles. The summed E-state index contributed by atoms with van der Waals surface area (Å²) in [7, 11) is 9.28. The summed E-state index contributed by atoms with van der Waals surface area (Å²) in [6, 6.07) is 1.65. The topological polar surface area (TPSA) is 16.2 Å². The van der Waals surface area contributed by atoms with Crippen LogP contribution in [-0.4, -0.2) is 124 Å². The minimum absolute atomic E-state index is 0.824. The van der Waals surface area contributed by atoms with Gasteiger partial charge in [-0.2, -0.15) is 0 Å². The summed E-state index contributed by atoms with van der Waals surface area (Å²) in [4.78, 5) is 13.3.